The maximum atomic E-state index is 13.8. The minimum absolute atomic E-state index is 0.0327. The number of hydrogen-bond donors (Lipinski definition) is 0. The molecule has 3 heterocycles. The van der Waals surface area contributed by atoms with E-state index in [0.717, 1.165) is 66.8 Å². The van der Waals surface area contributed by atoms with Crippen molar-refractivity contribution in [2.24, 2.45) is 0 Å². The second-order valence-corrected chi connectivity index (χ2v) is 10.3. The average Bonchev–Trinajstić information content (AvgIpc) is 3.46. The highest BCUT2D eigenvalue weighted by atomic mass is 32.2. The number of carbonyl (C=O) groups excluding carboxylic acids is 1. The summed E-state index contributed by atoms with van der Waals surface area (Å²) in [6.45, 7) is 4.19. The molecule has 1 aromatic carbocycles. The van der Waals surface area contributed by atoms with Crippen molar-refractivity contribution in [3.8, 4) is 11.4 Å². The van der Waals surface area contributed by atoms with Gasteiger partial charge in [-0.25, -0.2) is 4.98 Å². The highest BCUT2D eigenvalue weighted by molar-refractivity contribution is 7.99. The van der Waals surface area contributed by atoms with Crippen LogP contribution in [-0.2, 0) is 17.6 Å². The summed E-state index contributed by atoms with van der Waals surface area (Å²) in [6.07, 6.45) is 6.38. The van der Waals surface area contributed by atoms with Crippen LogP contribution in [0.2, 0.25) is 0 Å². The summed E-state index contributed by atoms with van der Waals surface area (Å²) < 4.78 is 7.25. The first-order chi connectivity index (χ1) is 15.7. The maximum Gasteiger partial charge on any atom is 0.267 e. The largest absolute Gasteiger partial charge is 0.494 e. The van der Waals surface area contributed by atoms with Gasteiger partial charge in [-0.3, -0.25) is 14.2 Å². The van der Waals surface area contributed by atoms with Crippen molar-refractivity contribution < 1.29 is 9.53 Å². The van der Waals surface area contributed by atoms with Gasteiger partial charge in [0, 0.05) is 18.0 Å². The molecule has 1 fully saturated rings. The molecule has 2 aromatic heterocycles. The normalized spacial score (nSPS) is 15.8. The number of likely N-dealkylation sites (tertiary alicyclic amines) is 1. The monoisotopic (exact) mass is 469 g/mol. The standard InChI is InChI=1S/C24H27N3O3S2/c1-2-30-17-11-9-16(10-12-17)27-23(29)21-18-7-3-4-8-19(18)32-22(21)25-24(27)31-15-20(28)26-13-5-6-14-26/h9-12H,2-8,13-15H2,1H3. The Bertz CT molecular complexity index is 1190. The summed E-state index contributed by atoms with van der Waals surface area (Å²) in [5, 5.41) is 1.34. The molecule has 0 radical (unpaired) electrons. The fourth-order valence-electron chi connectivity index (χ4n) is 4.55. The number of benzene rings is 1. The number of rotatable bonds is 6. The number of aryl methyl sites for hydroxylation is 2. The van der Waals surface area contributed by atoms with Crippen LogP contribution in [0.25, 0.3) is 15.9 Å². The Morgan fingerprint density at radius 1 is 1.12 bits per heavy atom. The van der Waals surface area contributed by atoms with Crippen LogP contribution in [-0.4, -0.2) is 45.8 Å². The molecular weight excluding hydrogens is 442 g/mol. The van der Waals surface area contributed by atoms with E-state index in [1.165, 1.54) is 28.6 Å². The van der Waals surface area contributed by atoms with Crippen LogP contribution in [0.15, 0.2) is 34.2 Å². The van der Waals surface area contributed by atoms with E-state index < -0.39 is 0 Å². The zero-order valence-electron chi connectivity index (χ0n) is 18.3. The SMILES string of the molecule is CCOc1ccc(-n2c(SCC(=O)N3CCCC3)nc3sc4c(c3c2=O)CCCC4)cc1. The molecule has 0 bridgehead atoms. The molecule has 0 atom stereocenters. The van der Waals surface area contributed by atoms with Crippen LogP contribution in [0.3, 0.4) is 0 Å². The summed E-state index contributed by atoms with van der Waals surface area (Å²) >= 11 is 3.01. The van der Waals surface area contributed by atoms with Gasteiger partial charge < -0.3 is 9.64 Å². The van der Waals surface area contributed by atoms with E-state index in [0.29, 0.717) is 17.5 Å². The van der Waals surface area contributed by atoms with Crippen molar-refractivity contribution in [1.82, 2.24) is 14.5 Å². The number of thioether (sulfide) groups is 1. The van der Waals surface area contributed by atoms with Crippen molar-refractivity contribution in [2.45, 2.75) is 50.6 Å². The van der Waals surface area contributed by atoms with E-state index >= 15 is 0 Å². The lowest BCUT2D eigenvalue weighted by Crippen LogP contribution is -2.29. The predicted molar refractivity (Wildman–Crippen MR) is 130 cm³/mol. The lowest BCUT2D eigenvalue weighted by atomic mass is 9.97. The maximum absolute atomic E-state index is 13.8. The molecule has 8 heteroatoms. The first kappa shape index (κ1) is 21.5. The zero-order valence-corrected chi connectivity index (χ0v) is 19.9. The number of nitrogens with zero attached hydrogens (tertiary/aromatic N) is 3. The molecule has 1 amide bonds. The summed E-state index contributed by atoms with van der Waals surface area (Å²) in [5.74, 6) is 1.18. The van der Waals surface area contributed by atoms with Crippen LogP contribution in [0.5, 0.6) is 5.75 Å². The lowest BCUT2D eigenvalue weighted by Gasteiger charge is -2.16. The molecule has 6 nitrogen and oxygen atoms in total. The molecule has 0 saturated carbocycles. The fourth-order valence-corrected chi connectivity index (χ4v) is 6.77. The van der Waals surface area contributed by atoms with Gasteiger partial charge in [-0.1, -0.05) is 11.8 Å². The van der Waals surface area contributed by atoms with Crippen molar-refractivity contribution in [3.63, 3.8) is 0 Å². The quantitative estimate of drug-likeness (QED) is 0.395. The summed E-state index contributed by atoms with van der Waals surface area (Å²) in [6, 6.07) is 7.54. The Morgan fingerprint density at radius 2 is 1.88 bits per heavy atom. The highest BCUT2D eigenvalue weighted by Crippen LogP contribution is 2.35. The second kappa shape index (κ2) is 9.27. The smallest absolute Gasteiger partial charge is 0.267 e. The molecule has 0 spiro atoms. The Morgan fingerprint density at radius 3 is 2.62 bits per heavy atom. The molecule has 0 unspecified atom stereocenters. The van der Waals surface area contributed by atoms with Gasteiger partial charge in [0.15, 0.2) is 5.16 Å². The third-order valence-corrected chi connectivity index (χ3v) is 8.26. The molecule has 3 aromatic rings. The van der Waals surface area contributed by atoms with Crippen molar-refractivity contribution in [3.05, 3.63) is 45.1 Å². The number of ether oxygens (including phenoxy) is 1. The zero-order chi connectivity index (χ0) is 22.1. The lowest BCUT2D eigenvalue weighted by molar-refractivity contribution is -0.127. The van der Waals surface area contributed by atoms with Crippen molar-refractivity contribution >= 4 is 39.2 Å². The Balaban J connectivity index is 1.57. The third-order valence-electron chi connectivity index (χ3n) is 6.15. The average molecular weight is 470 g/mol. The minimum atomic E-state index is -0.0327. The molecule has 32 heavy (non-hydrogen) atoms. The predicted octanol–water partition coefficient (Wildman–Crippen LogP) is 4.44. The van der Waals surface area contributed by atoms with E-state index in [2.05, 4.69) is 0 Å². The van der Waals surface area contributed by atoms with Crippen molar-refractivity contribution in [1.29, 1.82) is 0 Å². The Labute approximate surface area is 195 Å². The Hall–Kier alpha value is -2.32. The third kappa shape index (κ3) is 4.06. The van der Waals surface area contributed by atoms with Gasteiger partial charge in [0.25, 0.3) is 5.56 Å². The fraction of sp³-hybridized carbons (Fsp3) is 0.458. The molecule has 1 saturated heterocycles. The van der Waals surface area contributed by atoms with Gasteiger partial charge in [0.05, 0.1) is 23.4 Å². The van der Waals surface area contributed by atoms with Crippen molar-refractivity contribution in [2.75, 3.05) is 25.4 Å². The van der Waals surface area contributed by atoms with Crippen LogP contribution < -0.4 is 10.3 Å². The molecular formula is C24H27N3O3S2. The number of amides is 1. The molecule has 168 valence electrons. The first-order valence-corrected chi connectivity index (χ1v) is 13.2. The molecule has 1 aliphatic heterocycles. The number of carbonyl (C=O) groups is 1. The molecule has 1 aliphatic carbocycles. The van der Waals surface area contributed by atoms with Gasteiger partial charge in [-0.05, 0) is 75.3 Å². The number of hydrogen-bond acceptors (Lipinski definition) is 6. The van der Waals surface area contributed by atoms with Gasteiger partial charge in [-0.2, -0.15) is 0 Å². The number of aromatic nitrogens is 2. The highest BCUT2D eigenvalue weighted by Gasteiger charge is 2.24. The molecule has 2 aliphatic rings. The minimum Gasteiger partial charge on any atom is -0.494 e. The van der Waals surface area contributed by atoms with Crippen LogP contribution >= 0.6 is 23.1 Å². The van der Waals surface area contributed by atoms with E-state index in [1.807, 2.05) is 36.1 Å². The van der Waals surface area contributed by atoms with Gasteiger partial charge in [0.2, 0.25) is 5.91 Å². The van der Waals surface area contributed by atoms with Gasteiger partial charge in [-0.15, -0.1) is 11.3 Å². The van der Waals surface area contributed by atoms with E-state index in [-0.39, 0.29) is 11.5 Å². The Kier molecular flexibility index (Phi) is 6.24. The summed E-state index contributed by atoms with van der Waals surface area (Å²) in [5.41, 5.74) is 1.90. The van der Waals surface area contributed by atoms with Crippen LogP contribution in [0.4, 0.5) is 0 Å². The van der Waals surface area contributed by atoms with Crippen LogP contribution in [0, 0.1) is 0 Å². The van der Waals surface area contributed by atoms with E-state index in [1.54, 1.807) is 15.9 Å². The van der Waals surface area contributed by atoms with E-state index in [9.17, 15) is 9.59 Å². The second-order valence-electron chi connectivity index (χ2n) is 8.23. The first-order valence-electron chi connectivity index (χ1n) is 11.4. The van der Waals surface area contributed by atoms with Gasteiger partial charge >= 0.3 is 0 Å². The number of thiophene rings is 1. The molecule has 5 rings (SSSR count). The summed E-state index contributed by atoms with van der Waals surface area (Å²) in [4.78, 5) is 35.4. The molecule has 0 N–H and O–H groups in total. The van der Waals surface area contributed by atoms with E-state index in [4.69, 9.17) is 9.72 Å². The van der Waals surface area contributed by atoms with Gasteiger partial charge in [0.1, 0.15) is 10.6 Å². The topological polar surface area (TPSA) is 64.4 Å². The van der Waals surface area contributed by atoms with Crippen LogP contribution in [0.1, 0.15) is 43.0 Å². The summed E-state index contributed by atoms with van der Waals surface area (Å²) in [7, 11) is 0. The number of fused-ring (bicyclic) bond motifs is 3.